The zero-order valence-corrected chi connectivity index (χ0v) is 14.8. The first-order chi connectivity index (χ1) is 12.1. The van der Waals surface area contributed by atoms with E-state index in [1.54, 1.807) is 18.7 Å². The highest BCUT2D eigenvalue weighted by atomic mass is 32.2. The number of esters is 1. The number of halogens is 1. The number of hydrogen-bond acceptors (Lipinski definition) is 4. The average molecular weight is 361 g/mol. The van der Waals surface area contributed by atoms with Gasteiger partial charge in [0, 0.05) is 18.1 Å². The monoisotopic (exact) mass is 361 g/mol. The molecule has 0 aromatic heterocycles. The molecule has 2 rings (SSSR count). The summed E-state index contributed by atoms with van der Waals surface area (Å²) in [5.41, 5.74) is 1.77. The lowest BCUT2D eigenvalue weighted by atomic mass is 10.1. The Kier molecular flexibility index (Phi) is 7.47. The lowest BCUT2D eigenvalue weighted by molar-refractivity contribution is -0.124. The third kappa shape index (κ3) is 6.58. The molecular formula is C19H20FNO3S. The second kappa shape index (κ2) is 9.84. The second-order valence-electron chi connectivity index (χ2n) is 5.43. The first kappa shape index (κ1) is 19.0. The number of hydrogen-bond donors (Lipinski definition) is 1. The topological polar surface area (TPSA) is 55.4 Å². The van der Waals surface area contributed by atoms with Crippen LogP contribution in [0, 0.1) is 12.7 Å². The van der Waals surface area contributed by atoms with E-state index >= 15 is 0 Å². The molecule has 132 valence electrons. The Morgan fingerprint density at radius 1 is 1.16 bits per heavy atom. The lowest BCUT2D eigenvalue weighted by Crippen LogP contribution is -2.30. The molecular weight excluding hydrogens is 341 g/mol. The number of aryl methyl sites for hydroxylation is 1. The minimum atomic E-state index is -0.715. The number of carbonyl (C=O) groups excluding carboxylic acids is 2. The molecule has 2 aromatic rings. The largest absolute Gasteiger partial charge is 0.452 e. The number of carbonyl (C=O) groups is 2. The van der Waals surface area contributed by atoms with Crippen LogP contribution in [0.5, 0.6) is 0 Å². The predicted octanol–water partition coefficient (Wildman–Crippen LogP) is 3.34. The molecule has 0 heterocycles. The van der Waals surface area contributed by atoms with Crippen molar-refractivity contribution >= 4 is 23.6 Å². The van der Waals surface area contributed by atoms with E-state index < -0.39 is 11.8 Å². The number of ether oxygens (including phenoxy) is 1. The number of benzene rings is 2. The minimum Gasteiger partial charge on any atom is -0.452 e. The summed E-state index contributed by atoms with van der Waals surface area (Å²) in [6.45, 7) is 1.72. The molecule has 1 amide bonds. The van der Waals surface area contributed by atoms with Gasteiger partial charge in [-0.3, -0.25) is 4.79 Å². The molecule has 0 bridgehead atoms. The Hall–Kier alpha value is -2.34. The van der Waals surface area contributed by atoms with Crippen LogP contribution in [-0.2, 0) is 15.3 Å². The molecule has 0 spiro atoms. The molecule has 0 radical (unpaired) electrons. The fourth-order valence-corrected chi connectivity index (χ4v) is 2.83. The summed E-state index contributed by atoms with van der Waals surface area (Å²) in [6, 6.07) is 14.1. The quantitative estimate of drug-likeness (QED) is 0.579. The Balaban J connectivity index is 1.61. The third-order valence-corrected chi connectivity index (χ3v) is 4.45. The molecule has 0 aliphatic rings. The normalized spacial score (nSPS) is 10.3. The summed E-state index contributed by atoms with van der Waals surface area (Å²) in [5.74, 6) is 0.0747. The van der Waals surface area contributed by atoms with Gasteiger partial charge in [0.25, 0.3) is 5.91 Å². The maximum absolute atomic E-state index is 13.4. The van der Waals surface area contributed by atoms with Gasteiger partial charge < -0.3 is 10.1 Å². The molecule has 25 heavy (non-hydrogen) atoms. The van der Waals surface area contributed by atoms with Crippen molar-refractivity contribution in [2.75, 3.05) is 18.9 Å². The number of nitrogens with one attached hydrogen (secondary N) is 1. The van der Waals surface area contributed by atoms with Gasteiger partial charge in [0.05, 0.1) is 5.56 Å². The maximum Gasteiger partial charge on any atom is 0.338 e. The Morgan fingerprint density at radius 2 is 1.92 bits per heavy atom. The smallest absolute Gasteiger partial charge is 0.338 e. The van der Waals surface area contributed by atoms with E-state index in [0.29, 0.717) is 12.1 Å². The standard InChI is InChI=1S/C19H20FNO3S/c1-14-7-8-16(11-17(14)20)19(23)24-12-18(22)21-9-10-25-13-15-5-3-2-4-6-15/h2-8,11H,9-10,12-13H2,1H3,(H,21,22). The summed E-state index contributed by atoms with van der Waals surface area (Å²) >= 11 is 1.71. The van der Waals surface area contributed by atoms with Crippen molar-refractivity contribution < 1.29 is 18.7 Å². The third-order valence-electron chi connectivity index (χ3n) is 3.42. The van der Waals surface area contributed by atoms with Crippen LogP contribution in [0.3, 0.4) is 0 Å². The summed E-state index contributed by atoms with van der Waals surface area (Å²) < 4.78 is 18.3. The maximum atomic E-state index is 13.4. The van der Waals surface area contributed by atoms with E-state index in [9.17, 15) is 14.0 Å². The molecule has 0 aliphatic carbocycles. The first-order valence-corrected chi connectivity index (χ1v) is 9.03. The number of amides is 1. The van der Waals surface area contributed by atoms with Crippen LogP contribution in [0.15, 0.2) is 48.5 Å². The summed E-state index contributed by atoms with van der Waals surface area (Å²) in [4.78, 5) is 23.4. The van der Waals surface area contributed by atoms with Gasteiger partial charge in [-0.1, -0.05) is 36.4 Å². The van der Waals surface area contributed by atoms with Crippen molar-refractivity contribution in [2.45, 2.75) is 12.7 Å². The lowest BCUT2D eigenvalue weighted by Gasteiger charge is -2.07. The molecule has 0 atom stereocenters. The molecule has 0 saturated carbocycles. The molecule has 0 saturated heterocycles. The second-order valence-corrected chi connectivity index (χ2v) is 6.53. The van der Waals surface area contributed by atoms with Crippen molar-refractivity contribution in [1.29, 1.82) is 0 Å². The van der Waals surface area contributed by atoms with Crippen molar-refractivity contribution in [2.24, 2.45) is 0 Å². The van der Waals surface area contributed by atoms with Gasteiger partial charge in [0.2, 0.25) is 0 Å². The first-order valence-electron chi connectivity index (χ1n) is 7.88. The van der Waals surface area contributed by atoms with E-state index in [1.807, 2.05) is 18.2 Å². The van der Waals surface area contributed by atoms with Gasteiger partial charge in [0.15, 0.2) is 6.61 Å². The SMILES string of the molecule is Cc1ccc(C(=O)OCC(=O)NCCSCc2ccccc2)cc1F. The van der Waals surface area contributed by atoms with Crippen molar-refractivity contribution in [3.63, 3.8) is 0 Å². The predicted molar refractivity (Wildman–Crippen MR) is 97.0 cm³/mol. The highest BCUT2D eigenvalue weighted by molar-refractivity contribution is 7.98. The van der Waals surface area contributed by atoms with Crippen LogP contribution in [0.1, 0.15) is 21.5 Å². The fraction of sp³-hybridized carbons (Fsp3) is 0.263. The molecule has 6 heteroatoms. The van der Waals surface area contributed by atoms with E-state index in [4.69, 9.17) is 4.74 Å². The summed E-state index contributed by atoms with van der Waals surface area (Å²) in [7, 11) is 0. The number of thioether (sulfide) groups is 1. The van der Waals surface area contributed by atoms with Gasteiger partial charge in [-0.25, -0.2) is 9.18 Å². The van der Waals surface area contributed by atoms with E-state index in [0.717, 1.165) is 17.6 Å². The van der Waals surface area contributed by atoms with Gasteiger partial charge in [-0.15, -0.1) is 0 Å². The summed E-state index contributed by atoms with van der Waals surface area (Å²) in [6.07, 6.45) is 0. The number of rotatable bonds is 8. The van der Waals surface area contributed by atoms with Gasteiger partial charge in [0.1, 0.15) is 5.82 Å². The molecule has 1 N–H and O–H groups in total. The average Bonchev–Trinajstić information content (AvgIpc) is 2.62. The van der Waals surface area contributed by atoms with Crippen LogP contribution in [0.25, 0.3) is 0 Å². The van der Waals surface area contributed by atoms with Gasteiger partial charge >= 0.3 is 5.97 Å². The van der Waals surface area contributed by atoms with Crippen LogP contribution in [0.4, 0.5) is 4.39 Å². The van der Waals surface area contributed by atoms with Crippen LogP contribution in [0.2, 0.25) is 0 Å². The van der Waals surface area contributed by atoms with Crippen molar-refractivity contribution in [1.82, 2.24) is 5.32 Å². The molecule has 0 unspecified atom stereocenters. The zero-order chi connectivity index (χ0) is 18.1. The van der Waals surface area contributed by atoms with E-state index in [2.05, 4.69) is 17.4 Å². The minimum absolute atomic E-state index is 0.0920. The Morgan fingerprint density at radius 3 is 2.64 bits per heavy atom. The molecule has 2 aromatic carbocycles. The van der Waals surface area contributed by atoms with Gasteiger partial charge in [-0.2, -0.15) is 11.8 Å². The molecule has 4 nitrogen and oxygen atoms in total. The van der Waals surface area contributed by atoms with Crippen molar-refractivity contribution in [3.8, 4) is 0 Å². The van der Waals surface area contributed by atoms with Crippen LogP contribution in [-0.4, -0.2) is 30.8 Å². The highest BCUT2D eigenvalue weighted by Crippen LogP contribution is 2.11. The molecule has 0 aliphatic heterocycles. The Bertz CT molecular complexity index is 722. The van der Waals surface area contributed by atoms with E-state index in [-0.39, 0.29) is 18.1 Å². The zero-order valence-electron chi connectivity index (χ0n) is 14.0. The van der Waals surface area contributed by atoms with Crippen molar-refractivity contribution in [3.05, 3.63) is 71.0 Å². The molecule has 0 fully saturated rings. The summed E-state index contributed by atoms with van der Waals surface area (Å²) in [5, 5.41) is 2.69. The Labute approximate surface area is 150 Å². The van der Waals surface area contributed by atoms with Crippen LogP contribution >= 0.6 is 11.8 Å². The van der Waals surface area contributed by atoms with Gasteiger partial charge in [-0.05, 0) is 30.2 Å². The highest BCUT2D eigenvalue weighted by Gasteiger charge is 2.11. The fourth-order valence-electron chi connectivity index (χ4n) is 2.01. The van der Waals surface area contributed by atoms with E-state index in [1.165, 1.54) is 17.7 Å². The van der Waals surface area contributed by atoms with Crippen LogP contribution < -0.4 is 5.32 Å².